The highest BCUT2D eigenvalue weighted by molar-refractivity contribution is 5.04. The number of ether oxygens (including phenoxy) is 1. The predicted octanol–water partition coefficient (Wildman–Crippen LogP) is 1.75. The van der Waals surface area contributed by atoms with Crippen molar-refractivity contribution in [1.82, 2.24) is 9.78 Å². The fourth-order valence-corrected chi connectivity index (χ4v) is 1.56. The molecule has 0 aliphatic rings. The van der Waals surface area contributed by atoms with Gasteiger partial charge in [-0.2, -0.15) is 5.10 Å². The van der Waals surface area contributed by atoms with Crippen LogP contribution >= 0.6 is 0 Å². The maximum atomic E-state index is 9.98. The lowest BCUT2D eigenvalue weighted by Gasteiger charge is -2.16. The second kappa shape index (κ2) is 5.88. The standard InChI is InChI=1S/C11H20N2O2/c1-4-7-13-10(5-6-12-13)11(14)8-9(2)15-3/h5-6,9,11,14H,4,7-8H2,1-3H3. The summed E-state index contributed by atoms with van der Waals surface area (Å²) in [7, 11) is 1.65. The molecule has 0 radical (unpaired) electrons. The van der Waals surface area contributed by atoms with Gasteiger partial charge in [-0.1, -0.05) is 6.92 Å². The maximum absolute atomic E-state index is 9.98. The summed E-state index contributed by atoms with van der Waals surface area (Å²) in [5.41, 5.74) is 0.876. The third kappa shape index (κ3) is 3.32. The highest BCUT2D eigenvalue weighted by Crippen LogP contribution is 2.19. The van der Waals surface area contributed by atoms with Crippen molar-refractivity contribution in [2.24, 2.45) is 0 Å². The van der Waals surface area contributed by atoms with Crippen molar-refractivity contribution in [3.63, 3.8) is 0 Å². The van der Waals surface area contributed by atoms with Gasteiger partial charge in [0.1, 0.15) is 0 Å². The zero-order valence-electron chi connectivity index (χ0n) is 9.68. The van der Waals surface area contributed by atoms with Crippen molar-refractivity contribution in [1.29, 1.82) is 0 Å². The van der Waals surface area contributed by atoms with Crippen molar-refractivity contribution in [3.8, 4) is 0 Å². The molecule has 0 aromatic carbocycles. The molecule has 86 valence electrons. The summed E-state index contributed by atoms with van der Waals surface area (Å²) in [4.78, 5) is 0. The second-order valence-electron chi connectivity index (χ2n) is 3.78. The molecule has 1 heterocycles. The van der Waals surface area contributed by atoms with Crippen LogP contribution in [0.25, 0.3) is 0 Å². The molecule has 15 heavy (non-hydrogen) atoms. The first-order valence-electron chi connectivity index (χ1n) is 5.41. The van der Waals surface area contributed by atoms with Gasteiger partial charge in [-0.15, -0.1) is 0 Å². The van der Waals surface area contributed by atoms with Crippen molar-refractivity contribution >= 4 is 0 Å². The predicted molar refractivity (Wildman–Crippen MR) is 58.6 cm³/mol. The molecule has 0 aliphatic carbocycles. The minimum atomic E-state index is -0.492. The Morgan fingerprint density at radius 2 is 2.33 bits per heavy atom. The largest absolute Gasteiger partial charge is 0.387 e. The molecule has 2 unspecified atom stereocenters. The van der Waals surface area contributed by atoms with Crippen molar-refractivity contribution in [2.45, 2.75) is 45.4 Å². The van der Waals surface area contributed by atoms with Gasteiger partial charge in [-0.05, 0) is 19.4 Å². The van der Waals surface area contributed by atoms with Crippen LogP contribution in [0.4, 0.5) is 0 Å². The Labute approximate surface area is 90.9 Å². The summed E-state index contributed by atoms with van der Waals surface area (Å²) in [6.45, 7) is 4.89. The van der Waals surface area contributed by atoms with Crippen molar-refractivity contribution in [2.75, 3.05) is 7.11 Å². The van der Waals surface area contributed by atoms with E-state index in [-0.39, 0.29) is 6.10 Å². The molecule has 0 saturated carbocycles. The Hall–Kier alpha value is -0.870. The van der Waals surface area contributed by atoms with Gasteiger partial charge in [0.2, 0.25) is 0 Å². The van der Waals surface area contributed by atoms with Crippen LogP contribution in [-0.2, 0) is 11.3 Å². The van der Waals surface area contributed by atoms with Crippen LogP contribution in [0.15, 0.2) is 12.3 Å². The van der Waals surface area contributed by atoms with E-state index in [1.54, 1.807) is 13.3 Å². The lowest BCUT2D eigenvalue weighted by Crippen LogP contribution is -2.15. The van der Waals surface area contributed by atoms with Gasteiger partial charge in [0, 0.05) is 26.3 Å². The number of aromatic nitrogens is 2. The van der Waals surface area contributed by atoms with Gasteiger partial charge in [-0.25, -0.2) is 0 Å². The van der Waals surface area contributed by atoms with Crippen molar-refractivity contribution in [3.05, 3.63) is 18.0 Å². The average molecular weight is 212 g/mol. The monoisotopic (exact) mass is 212 g/mol. The fourth-order valence-electron chi connectivity index (χ4n) is 1.56. The molecule has 1 aromatic rings. The Kier molecular flexibility index (Phi) is 4.78. The number of aliphatic hydroxyl groups is 1. The molecule has 0 saturated heterocycles. The summed E-state index contributed by atoms with van der Waals surface area (Å²) >= 11 is 0. The number of methoxy groups -OCH3 is 1. The Bertz CT molecular complexity index is 286. The molecular formula is C11H20N2O2. The van der Waals surface area contributed by atoms with Gasteiger partial charge in [0.15, 0.2) is 0 Å². The van der Waals surface area contributed by atoms with E-state index in [9.17, 15) is 5.11 Å². The quantitative estimate of drug-likeness (QED) is 0.781. The van der Waals surface area contributed by atoms with Crippen LogP contribution in [0.3, 0.4) is 0 Å². The second-order valence-corrected chi connectivity index (χ2v) is 3.78. The first kappa shape index (κ1) is 12.2. The smallest absolute Gasteiger partial charge is 0.0981 e. The van der Waals surface area contributed by atoms with Crippen LogP contribution in [0.5, 0.6) is 0 Å². The summed E-state index contributed by atoms with van der Waals surface area (Å²) in [6, 6.07) is 1.86. The van der Waals surface area contributed by atoms with Crippen LogP contribution < -0.4 is 0 Å². The molecule has 0 bridgehead atoms. The number of hydrogen-bond donors (Lipinski definition) is 1. The first-order valence-corrected chi connectivity index (χ1v) is 5.41. The lowest BCUT2D eigenvalue weighted by atomic mass is 10.1. The average Bonchev–Trinajstić information content (AvgIpc) is 2.66. The van der Waals surface area contributed by atoms with E-state index < -0.39 is 6.10 Å². The Morgan fingerprint density at radius 1 is 1.60 bits per heavy atom. The molecule has 4 nitrogen and oxygen atoms in total. The van der Waals surface area contributed by atoms with Crippen LogP contribution in [0.2, 0.25) is 0 Å². The number of rotatable bonds is 6. The van der Waals surface area contributed by atoms with Gasteiger partial charge < -0.3 is 9.84 Å². The van der Waals surface area contributed by atoms with E-state index in [4.69, 9.17) is 4.74 Å². The summed E-state index contributed by atoms with van der Waals surface area (Å²) in [5.74, 6) is 0. The van der Waals surface area contributed by atoms with E-state index in [1.165, 1.54) is 0 Å². The lowest BCUT2D eigenvalue weighted by molar-refractivity contribution is 0.0523. The number of aliphatic hydroxyl groups excluding tert-OH is 1. The maximum Gasteiger partial charge on any atom is 0.0981 e. The highest BCUT2D eigenvalue weighted by Gasteiger charge is 2.15. The molecule has 2 atom stereocenters. The SMILES string of the molecule is CCCn1nccc1C(O)CC(C)OC. The molecule has 0 spiro atoms. The highest BCUT2D eigenvalue weighted by atomic mass is 16.5. The molecule has 1 rings (SSSR count). The van der Waals surface area contributed by atoms with E-state index in [0.717, 1.165) is 18.7 Å². The van der Waals surface area contributed by atoms with Gasteiger partial charge >= 0.3 is 0 Å². The summed E-state index contributed by atoms with van der Waals surface area (Å²) < 4.78 is 6.98. The first-order chi connectivity index (χ1) is 7.19. The number of aryl methyl sites for hydroxylation is 1. The van der Waals surface area contributed by atoms with E-state index in [0.29, 0.717) is 6.42 Å². The van der Waals surface area contributed by atoms with E-state index in [1.807, 2.05) is 17.7 Å². The number of hydrogen-bond acceptors (Lipinski definition) is 3. The van der Waals surface area contributed by atoms with E-state index in [2.05, 4.69) is 12.0 Å². The van der Waals surface area contributed by atoms with Gasteiger partial charge in [0.05, 0.1) is 17.9 Å². The zero-order chi connectivity index (χ0) is 11.3. The van der Waals surface area contributed by atoms with Crippen LogP contribution in [-0.4, -0.2) is 28.1 Å². The van der Waals surface area contributed by atoms with Crippen molar-refractivity contribution < 1.29 is 9.84 Å². The van der Waals surface area contributed by atoms with Crippen LogP contribution in [0, 0.1) is 0 Å². The summed E-state index contributed by atoms with van der Waals surface area (Å²) in [5, 5.41) is 14.2. The molecule has 0 fully saturated rings. The molecule has 1 aromatic heterocycles. The third-order valence-electron chi connectivity index (χ3n) is 2.48. The van der Waals surface area contributed by atoms with Crippen LogP contribution in [0.1, 0.15) is 38.5 Å². The molecule has 4 heteroatoms. The Balaban J connectivity index is 2.63. The normalized spacial score (nSPS) is 15.2. The topological polar surface area (TPSA) is 47.3 Å². The molecule has 1 N–H and O–H groups in total. The summed E-state index contributed by atoms with van der Waals surface area (Å²) in [6.07, 6.45) is 2.91. The molecule has 0 amide bonds. The zero-order valence-corrected chi connectivity index (χ0v) is 9.68. The minimum Gasteiger partial charge on any atom is -0.387 e. The molecular weight excluding hydrogens is 192 g/mol. The fraction of sp³-hybridized carbons (Fsp3) is 0.727. The number of nitrogens with zero attached hydrogens (tertiary/aromatic N) is 2. The van der Waals surface area contributed by atoms with Gasteiger partial charge in [0.25, 0.3) is 0 Å². The van der Waals surface area contributed by atoms with Gasteiger partial charge in [-0.3, -0.25) is 4.68 Å². The molecule has 0 aliphatic heterocycles. The Morgan fingerprint density at radius 3 is 2.93 bits per heavy atom. The van der Waals surface area contributed by atoms with E-state index >= 15 is 0 Å². The third-order valence-corrected chi connectivity index (χ3v) is 2.48. The minimum absolute atomic E-state index is 0.0602.